The van der Waals surface area contributed by atoms with Gasteiger partial charge in [-0.2, -0.15) is 5.10 Å². The standard InChI is InChI=1S/C16H14N4O/c21-16(14-8-4-5-10-17-14)19-15-9-11-18-20(15)12-13-6-2-1-3-7-13/h1-11H,12H2,(H,19,21). The minimum atomic E-state index is -0.245. The summed E-state index contributed by atoms with van der Waals surface area (Å²) in [6, 6.07) is 17.0. The van der Waals surface area contributed by atoms with Gasteiger partial charge in [0.1, 0.15) is 11.5 Å². The van der Waals surface area contributed by atoms with Crippen LogP contribution < -0.4 is 5.32 Å². The summed E-state index contributed by atoms with van der Waals surface area (Å²) in [4.78, 5) is 16.1. The highest BCUT2D eigenvalue weighted by Gasteiger charge is 2.10. The molecule has 0 aliphatic heterocycles. The molecule has 104 valence electrons. The van der Waals surface area contributed by atoms with Gasteiger partial charge in [0.2, 0.25) is 0 Å². The van der Waals surface area contributed by atoms with E-state index in [0.717, 1.165) is 5.56 Å². The predicted molar refractivity (Wildman–Crippen MR) is 80.0 cm³/mol. The Hall–Kier alpha value is -2.95. The third-order valence-corrected chi connectivity index (χ3v) is 3.03. The average molecular weight is 278 g/mol. The Morgan fingerprint density at radius 1 is 1.00 bits per heavy atom. The number of rotatable bonds is 4. The number of nitrogens with one attached hydrogen (secondary N) is 1. The average Bonchev–Trinajstić information content (AvgIpc) is 2.96. The lowest BCUT2D eigenvalue weighted by atomic mass is 10.2. The van der Waals surface area contributed by atoms with Crippen LogP contribution in [0.4, 0.5) is 5.82 Å². The second kappa shape index (κ2) is 6.00. The van der Waals surface area contributed by atoms with E-state index in [9.17, 15) is 4.79 Å². The molecule has 0 aliphatic carbocycles. The number of hydrogen-bond acceptors (Lipinski definition) is 3. The van der Waals surface area contributed by atoms with Gasteiger partial charge in [0.15, 0.2) is 0 Å². The number of carbonyl (C=O) groups is 1. The monoisotopic (exact) mass is 278 g/mol. The van der Waals surface area contributed by atoms with Crippen molar-refractivity contribution in [3.8, 4) is 0 Å². The number of pyridine rings is 1. The van der Waals surface area contributed by atoms with Crippen molar-refractivity contribution in [2.45, 2.75) is 6.54 Å². The molecule has 0 fully saturated rings. The zero-order valence-corrected chi connectivity index (χ0v) is 11.3. The molecule has 5 heteroatoms. The maximum Gasteiger partial charge on any atom is 0.275 e. The summed E-state index contributed by atoms with van der Waals surface area (Å²) in [5, 5.41) is 7.07. The zero-order valence-electron chi connectivity index (χ0n) is 11.3. The van der Waals surface area contributed by atoms with E-state index in [1.807, 2.05) is 30.3 Å². The lowest BCUT2D eigenvalue weighted by molar-refractivity contribution is 0.102. The van der Waals surface area contributed by atoms with Crippen LogP contribution in [-0.2, 0) is 6.54 Å². The molecule has 0 aliphatic rings. The largest absolute Gasteiger partial charge is 0.305 e. The van der Waals surface area contributed by atoms with Crippen molar-refractivity contribution >= 4 is 11.7 Å². The van der Waals surface area contributed by atoms with Gasteiger partial charge in [-0.05, 0) is 17.7 Å². The molecule has 0 saturated carbocycles. The number of amides is 1. The fourth-order valence-corrected chi connectivity index (χ4v) is 2.00. The normalized spacial score (nSPS) is 10.3. The molecule has 0 spiro atoms. The van der Waals surface area contributed by atoms with Gasteiger partial charge in [0.25, 0.3) is 5.91 Å². The molecule has 3 aromatic rings. The van der Waals surface area contributed by atoms with Crippen LogP contribution in [0.2, 0.25) is 0 Å². The van der Waals surface area contributed by atoms with E-state index < -0.39 is 0 Å². The molecule has 1 amide bonds. The van der Waals surface area contributed by atoms with Gasteiger partial charge in [-0.15, -0.1) is 0 Å². The van der Waals surface area contributed by atoms with Crippen LogP contribution in [0.15, 0.2) is 67.0 Å². The summed E-state index contributed by atoms with van der Waals surface area (Å²) in [7, 11) is 0. The van der Waals surface area contributed by atoms with Crippen LogP contribution in [-0.4, -0.2) is 20.7 Å². The summed E-state index contributed by atoms with van der Waals surface area (Å²) in [5.41, 5.74) is 1.50. The topological polar surface area (TPSA) is 59.8 Å². The Labute approximate surface area is 122 Å². The molecule has 1 N–H and O–H groups in total. The molecule has 3 rings (SSSR count). The molecular formula is C16H14N4O. The molecule has 21 heavy (non-hydrogen) atoms. The Morgan fingerprint density at radius 3 is 2.57 bits per heavy atom. The predicted octanol–water partition coefficient (Wildman–Crippen LogP) is 2.58. The van der Waals surface area contributed by atoms with Crippen LogP contribution in [0, 0.1) is 0 Å². The molecule has 0 radical (unpaired) electrons. The van der Waals surface area contributed by atoms with Crippen LogP contribution in [0.3, 0.4) is 0 Å². The van der Waals surface area contributed by atoms with Gasteiger partial charge in [-0.3, -0.25) is 9.78 Å². The van der Waals surface area contributed by atoms with Crippen molar-refractivity contribution in [2.75, 3.05) is 5.32 Å². The summed E-state index contributed by atoms with van der Waals surface area (Å²) in [5.74, 6) is 0.403. The third kappa shape index (κ3) is 3.14. The van der Waals surface area contributed by atoms with E-state index in [0.29, 0.717) is 18.1 Å². The van der Waals surface area contributed by atoms with Gasteiger partial charge in [0, 0.05) is 12.3 Å². The van der Waals surface area contributed by atoms with Crippen molar-refractivity contribution in [3.05, 3.63) is 78.2 Å². The van der Waals surface area contributed by atoms with Crippen molar-refractivity contribution in [2.24, 2.45) is 0 Å². The Morgan fingerprint density at radius 2 is 1.81 bits per heavy atom. The number of carbonyl (C=O) groups excluding carboxylic acids is 1. The Balaban J connectivity index is 1.75. The first-order chi connectivity index (χ1) is 10.3. The number of aromatic nitrogens is 3. The second-order valence-electron chi connectivity index (χ2n) is 4.53. The quantitative estimate of drug-likeness (QED) is 0.798. The summed E-state index contributed by atoms with van der Waals surface area (Å²) in [6.45, 7) is 0.603. The third-order valence-electron chi connectivity index (χ3n) is 3.03. The van der Waals surface area contributed by atoms with E-state index in [4.69, 9.17) is 0 Å². The van der Waals surface area contributed by atoms with Gasteiger partial charge in [-0.1, -0.05) is 36.4 Å². The smallest absolute Gasteiger partial charge is 0.275 e. The van der Waals surface area contributed by atoms with E-state index in [-0.39, 0.29) is 5.91 Å². The second-order valence-corrected chi connectivity index (χ2v) is 4.53. The maximum atomic E-state index is 12.1. The number of nitrogens with zero attached hydrogens (tertiary/aromatic N) is 3. The molecule has 0 atom stereocenters. The van der Waals surface area contributed by atoms with Crippen molar-refractivity contribution < 1.29 is 4.79 Å². The zero-order chi connectivity index (χ0) is 14.5. The van der Waals surface area contributed by atoms with Gasteiger partial charge in [-0.25, -0.2) is 4.68 Å². The van der Waals surface area contributed by atoms with Gasteiger partial charge < -0.3 is 5.32 Å². The SMILES string of the molecule is O=C(Nc1ccnn1Cc1ccccc1)c1ccccn1. The maximum absolute atomic E-state index is 12.1. The minimum Gasteiger partial charge on any atom is -0.305 e. The molecule has 0 unspecified atom stereocenters. The van der Waals surface area contributed by atoms with Crippen molar-refractivity contribution in [1.29, 1.82) is 0 Å². The van der Waals surface area contributed by atoms with Gasteiger partial charge >= 0.3 is 0 Å². The van der Waals surface area contributed by atoms with Crippen molar-refractivity contribution in [3.63, 3.8) is 0 Å². The highest BCUT2D eigenvalue weighted by atomic mass is 16.2. The molecule has 2 aromatic heterocycles. The summed E-state index contributed by atoms with van der Waals surface area (Å²) >= 11 is 0. The lowest BCUT2D eigenvalue weighted by Gasteiger charge is -2.08. The van der Waals surface area contributed by atoms with E-state index >= 15 is 0 Å². The fourth-order valence-electron chi connectivity index (χ4n) is 2.00. The van der Waals surface area contributed by atoms with Crippen LogP contribution >= 0.6 is 0 Å². The van der Waals surface area contributed by atoms with E-state index in [2.05, 4.69) is 15.4 Å². The van der Waals surface area contributed by atoms with E-state index in [1.165, 1.54) is 0 Å². The lowest BCUT2D eigenvalue weighted by Crippen LogP contribution is -2.17. The highest BCUT2D eigenvalue weighted by molar-refractivity contribution is 6.02. The molecule has 2 heterocycles. The molecular weight excluding hydrogens is 264 g/mol. The number of hydrogen-bond donors (Lipinski definition) is 1. The summed E-state index contributed by atoms with van der Waals surface area (Å²) in [6.07, 6.45) is 3.26. The van der Waals surface area contributed by atoms with Gasteiger partial charge in [0.05, 0.1) is 12.7 Å². The molecule has 1 aromatic carbocycles. The van der Waals surface area contributed by atoms with Crippen LogP contribution in [0.1, 0.15) is 16.1 Å². The van der Waals surface area contributed by atoms with E-state index in [1.54, 1.807) is 41.3 Å². The van der Waals surface area contributed by atoms with Crippen LogP contribution in [0.25, 0.3) is 0 Å². The Bertz CT molecular complexity index is 722. The molecule has 0 bridgehead atoms. The Kier molecular flexibility index (Phi) is 3.73. The van der Waals surface area contributed by atoms with Crippen molar-refractivity contribution in [1.82, 2.24) is 14.8 Å². The first kappa shape index (κ1) is 13.1. The minimum absolute atomic E-state index is 0.245. The number of benzene rings is 1. The highest BCUT2D eigenvalue weighted by Crippen LogP contribution is 2.11. The summed E-state index contributed by atoms with van der Waals surface area (Å²) < 4.78 is 1.75. The fraction of sp³-hybridized carbons (Fsp3) is 0.0625. The first-order valence-corrected chi connectivity index (χ1v) is 6.61. The first-order valence-electron chi connectivity index (χ1n) is 6.61. The van der Waals surface area contributed by atoms with Crippen LogP contribution in [0.5, 0.6) is 0 Å². The number of anilines is 1. The molecule has 0 saturated heterocycles. The molecule has 5 nitrogen and oxygen atoms in total.